The van der Waals surface area contributed by atoms with Crippen molar-refractivity contribution < 1.29 is 14.1 Å². The van der Waals surface area contributed by atoms with Crippen molar-refractivity contribution in [2.45, 2.75) is 40.0 Å². The van der Waals surface area contributed by atoms with Gasteiger partial charge in [0.2, 0.25) is 5.76 Å². The smallest absolute Gasteiger partial charge is 0.292 e. The molecule has 1 aliphatic heterocycles. The molecular formula is C16H26N2O3. The molecule has 1 aliphatic rings. The molecule has 1 amide bonds. The number of rotatable bonds is 6. The Morgan fingerprint density at radius 3 is 2.76 bits per heavy atom. The molecule has 0 radical (unpaired) electrons. The summed E-state index contributed by atoms with van der Waals surface area (Å²) in [6, 6.07) is 1.79. The Hall–Kier alpha value is -1.36. The summed E-state index contributed by atoms with van der Waals surface area (Å²) in [6.07, 6.45) is 2.89. The van der Waals surface area contributed by atoms with Crippen LogP contribution in [0, 0.1) is 11.8 Å². The monoisotopic (exact) mass is 294 g/mol. The minimum atomic E-state index is -0.0495. The third-order valence-electron chi connectivity index (χ3n) is 3.88. The second-order valence-electron chi connectivity index (χ2n) is 6.18. The summed E-state index contributed by atoms with van der Waals surface area (Å²) in [5.41, 5.74) is 0.857. The molecule has 21 heavy (non-hydrogen) atoms. The van der Waals surface area contributed by atoms with E-state index in [0.29, 0.717) is 24.1 Å². The first-order valence-electron chi connectivity index (χ1n) is 7.92. The third-order valence-corrected chi connectivity index (χ3v) is 3.88. The largest absolute Gasteiger partial charge is 0.381 e. The number of hydrogen-bond acceptors (Lipinski definition) is 4. The molecule has 5 heteroatoms. The topological polar surface area (TPSA) is 55.6 Å². The Morgan fingerprint density at radius 2 is 2.14 bits per heavy atom. The second-order valence-corrected chi connectivity index (χ2v) is 6.18. The highest BCUT2D eigenvalue weighted by Crippen LogP contribution is 2.18. The quantitative estimate of drug-likeness (QED) is 0.809. The average Bonchev–Trinajstić information content (AvgIpc) is 2.92. The Kier molecular flexibility index (Phi) is 5.79. The molecular weight excluding hydrogens is 268 g/mol. The van der Waals surface area contributed by atoms with Crippen molar-refractivity contribution in [3.8, 4) is 0 Å². The molecule has 0 spiro atoms. The van der Waals surface area contributed by atoms with Gasteiger partial charge in [-0.05, 0) is 38.0 Å². The summed E-state index contributed by atoms with van der Waals surface area (Å²) < 4.78 is 10.6. The van der Waals surface area contributed by atoms with Gasteiger partial charge < -0.3 is 14.2 Å². The molecule has 118 valence electrons. The lowest BCUT2D eigenvalue weighted by Gasteiger charge is -2.28. The highest BCUT2D eigenvalue weighted by Gasteiger charge is 2.23. The Balaban J connectivity index is 1.96. The molecule has 0 N–H and O–H groups in total. The first-order valence-corrected chi connectivity index (χ1v) is 7.92. The van der Waals surface area contributed by atoms with Gasteiger partial charge in [0, 0.05) is 32.4 Å². The lowest BCUT2D eigenvalue weighted by molar-refractivity contribution is 0.0449. The molecule has 1 aromatic heterocycles. The van der Waals surface area contributed by atoms with E-state index in [-0.39, 0.29) is 5.91 Å². The first-order chi connectivity index (χ1) is 10.1. The van der Waals surface area contributed by atoms with Gasteiger partial charge in [-0.1, -0.05) is 19.0 Å². The van der Waals surface area contributed by atoms with E-state index < -0.39 is 0 Å². The van der Waals surface area contributed by atoms with E-state index in [9.17, 15) is 4.79 Å². The van der Waals surface area contributed by atoms with Crippen molar-refractivity contribution in [2.75, 3.05) is 26.3 Å². The Morgan fingerprint density at radius 1 is 1.43 bits per heavy atom. The molecule has 0 unspecified atom stereocenters. The fourth-order valence-corrected chi connectivity index (χ4v) is 2.68. The zero-order valence-corrected chi connectivity index (χ0v) is 13.3. The maximum Gasteiger partial charge on any atom is 0.292 e. The van der Waals surface area contributed by atoms with Crippen LogP contribution in [0.25, 0.3) is 0 Å². The molecule has 0 bridgehead atoms. The van der Waals surface area contributed by atoms with Crippen molar-refractivity contribution in [2.24, 2.45) is 11.8 Å². The van der Waals surface area contributed by atoms with Crippen molar-refractivity contribution in [1.82, 2.24) is 10.1 Å². The van der Waals surface area contributed by atoms with Crippen LogP contribution in [0.1, 0.15) is 49.9 Å². The van der Waals surface area contributed by atoms with Gasteiger partial charge in [-0.25, -0.2) is 0 Å². The van der Waals surface area contributed by atoms with E-state index in [1.807, 2.05) is 11.8 Å². The zero-order valence-electron chi connectivity index (χ0n) is 13.3. The van der Waals surface area contributed by atoms with Gasteiger partial charge >= 0.3 is 0 Å². The Bertz CT molecular complexity index is 450. The van der Waals surface area contributed by atoms with Crippen LogP contribution < -0.4 is 0 Å². The van der Waals surface area contributed by atoms with Crippen molar-refractivity contribution >= 4 is 5.91 Å². The molecule has 2 heterocycles. The van der Waals surface area contributed by atoms with E-state index in [2.05, 4.69) is 19.0 Å². The van der Waals surface area contributed by atoms with E-state index in [1.165, 1.54) is 0 Å². The van der Waals surface area contributed by atoms with Crippen molar-refractivity contribution in [1.29, 1.82) is 0 Å². The third kappa shape index (κ3) is 4.56. The average molecular weight is 294 g/mol. The van der Waals surface area contributed by atoms with Crippen LogP contribution in [-0.4, -0.2) is 42.3 Å². The van der Waals surface area contributed by atoms with Crippen LogP contribution in [0.3, 0.4) is 0 Å². The number of amides is 1. The molecule has 0 atom stereocenters. The maximum absolute atomic E-state index is 12.5. The summed E-state index contributed by atoms with van der Waals surface area (Å²) in [5, 5.41) is 4.00. The van der Waals surface area contributed by atoms with Crippen LogP contribution in [0.4, 0.5) is 0 Å². The summed E-state index contributed by atoms with van der Waals surface area (Å²) >= 11 is 0. The molecule has 0 aromatic carbocycles. The summed E-state index contributed by atoms with van der Waals surface area (Å²) in [6.45, 7) is 9.33. The van der Waals surface area contributed by atoms with E-state index in [1.54, 1.807) is 6.07 Å². The lowest BCUT2D eigenvalue weighted by atomic mass is 9.99. The number of hydrogen-bond donors (Lipinski definition) is 0. The SMILES string of the molecule is CCN(CC1CCOCC1)C(=O)c1cc(CC(C)C)no1. The molecule has 1 aromatic rings. The van der Waals surface area contributed by atoms with Crippen LogP contribution >= 0.6 is 0 Å². The predicted octanol–water partition coefficient (Wildman–Crippen LogP) is 2.76. The highest BCUT2D eigenvalue weighted by molar-refractivity contribution is 5.91. The fourth-order valence-electron chi connectivity index (χ4n) is 2.68. The van der Waals surface area contributed by atoms with Crippen LogP contribution in [0.15, 0.2) is 10.6 Å². The molecule has 0 saturated carbocycles. The van der Waals surface area contributed by atoms with Crippen molar-refractivity contribution in [3.63, 3.8) is 0 Å². The Labute approximate surface area is 126 Å². The highest BCUT2D eigenvalue weighted by atomic mass is 16.5. The van der Waals surface area contributed by atoms with Gasteiger partial charge in [-0.3, -0.25) is 4.79 Å². The fraction of sp³-hybridized carbons (Fsp3) is 0.750. The maximum atomic E-state index is 12.5. The zero-order chi connectivity index (χ0) is 15.2. The summed E-state index contributed by atoms with van der Waals surface area (Å²) in [7, 11) is 0. The van der Waals surface area contributed by atoms with Gasteiger partial charge in [-0.2, -0.15) is 0 Å². The molecule has 5 nitrogen and oxygen atoms in total. The van der Waals surface area contributed by atoms with Gasteiger partial charge in [0.05, 0.1) is 5.69 Å². The summed E-state index contributed by atoms with van der Waals surface area (Å²) in [4.78, 5) is 14.4. The van der Waals surface area contributed by atoms with Crippen LogP contribution in [-0.2, 0) is 11.2 Å². The van der Waals surface area contributed by atoms with Crippen LogP contribution in [0.2, 0.25) is 0 Å². The van der Waals surface area contributed by atoms with Gasteiger partial charge in [-0.15, -0.1) is 0 Å². The van der Waals surface area contributed by atoms with E-state index in [0.717, 1.165) is 44.7 Å². The second kappa shape index (κ2) is 7.59. The van der Waals surface area contributed by atoms with E-state index >= 15 is 0 Å². The minimum absolute atomic E-state index is 0.0495. The van der Waals surface area contributed by atoms with Gasteiger partial charge in [0.25, 0.3) is 5.91 Å². The number of nitrogens with zero attached hydrogens (tertiary/aromatic N) is 2. The molecule has 1 fully saturated rings. The van der Waals surface area contributed by atoms with Gasteiger partial charge in [0.15, 0.2) is 0 Å². The molecule has 2 rings (SSSR count). The number of carbonyl (C=O) groups is 1. The number of aromatic nitrogens is 1. The predicted molar refractivity (Wildman–Crippen MR) is 80.2 cm³/mol. The first kappa shape index (κ1) is 16.0. The minimum Gasteiger partial charge on any atom is -0.381 e. The standard InChI is InChI=1S/C16H26N2O3/c1-4-18(11-13-5-7-20-8-6-13)16(19)15-10-14(17-21-15)9-12(2)3/h10,12-13H,4-9,11H2,1-3H3. The van der Waals surface area contributed by atoms with E-state index in [4.69, 9.17) is 9.26 Å². The number of ether oxygens (including phenoxy) is 1. The summed E-state index contributed by atoms with van der Waals surface area (Å²) in [5.74, 6) is 1.34. The normalized spacial score (nSPS) is 16.4. The van der Waals surface area contributed by atoms with Crippen molar-refractivity contribution in [3.05, 3.63) is 17.5 Å². The molecule has 0 aliphatic carbocycles. The molecule has 1 saturated heterocycles. The van der Waals surface area contributed by atoms with Gasteiger partial charge in [0.1, 0.15) is 0 Å². The van der Waals surface area contributed by atoms with Crippen LogP contribution in [0.5, 0.6) is 0 Å². The number of carbonyl (C=O) groups excluding carboxylic acids is 1. The lowest BCUT2D eigenvalue weighted by Crippen LogP contribution is -2.36.